The Bertz CT molecular complexity index is 565. The van der Waals surface area contributed by atoms with Crippen LogP contribution in [0.5, 0.6) is 0 Å². The molecule has 2 rings (SSSR count). The van der Waals surface area contributed by atoms with Crippen molar-refractivity contribution >= 4 is 23.6 Å². The molecule has 0 fully saturated rings. The normalized spacial score (nSPS) is 10.4. The van der Waals surface area contributed by atoms with E-state index in [9.17, 15) is 4.79 Å². The molecule has 0 aliphatic rings. The Balaban J connectivity index is 2.28. The Morgan fingerprint density at radius 2 is 2.28 bits per heavy atom. The maximum absolute atomic E-state index is 11.0. The Morgan fingerprint density at radius 1 is 1.50 bits per heavy atom. The average molecular weight is 264 g/mol. The van der Waals surface area contributed by atoms with Crippen LogP contribution in [0.1, 0.15) is 16.2 Å². The van der Waals surface area contributed by atoms with E-state index in [1.807, 2.05) is 29.8 Å². The van der Waals surface area contributed by atoms with Crippen LogP contribution in [0.3, 0.4) is 0 Å². The minimum absolute atomic E-state index is 0.613. The fourth-order valence-electron chi connectivity index (χ4n) is 1.79. The summed E-state index contributed by atoms with van der Waals surface area (Å²) in [5.41, 5.74) is 1.43. The van der Waals surface area contributed by atoms with Crippen molar-refractivity contribution in [3.63, 3.8) is 0 Å². The van der Waals surface area contributed by atoms with Gasteiger partial charge in [0.15, 0.2) is 6.29 Å². The van der Waals surface area contributed by atoms with Crippen molar-refractivity contribution in [2.45, 2.75) is 6.54 Å². The number of carbonyl (C=O) groups excluding carboxylic acids is 1. The summed E-state index contributed by atoms with van der Waals surface area (Å²) < 4.78 is 1.95. The predicted octanol–water partition coefficient (Wildman–Crippen LogP) is 2.52. The maximum Gasteiger partial charge on any atom is 0.152 e. The van der Waals surface area contributed by atoms with Crippen LogP contribution in [0.15, 0.2) is 30.6 Å². The number of anilines is 1. The van der Waals surface area contributed by atoms with Crippen LogP contribution in [0, 0.1) is 0 Å². The Hall–Kier alpha value is -1.81. The molecule has 18 heavy (non-hydrogen) atoms. The van der Waals surface area contributed by atoms with Crippen LogP contribution in [0.4, 0.5) is 5.69 Å². The van der Waals surface area contributed by atoms with Crippen LogP contribution >= 0.6 is 11.6 Å². The van der Waals surface area contributed by atoms with E-state index in [4.69, 9.17) is 11.6 Å². The molecule has 0 atom stereocenters. The zero-order chi connectivity index (χ0) is 13.1. The highest BCUT2D eigenvalue weighted by Crippen LogP contribution is 2.23. The molecule has 0 bridgehead atoms. The van der Waals surface area contributed by atoms with E-state index < -0.39 is 0 Å². The third kappa shape index (κ3) is 2.54. The second kappa shape index (κ2) is 5.23. The Morgan fingerprint density at radius 3 is 2.89 bits per heavy atom. The van der Waals surface area contributed by atoms with Crippen LogP contribution in [0.2, 0.25) is 5.02 Å². The summed E-state index contributed by atoms with van der Waals surface area (Å²) in [5.74, 6) is 0.925. The lowest BCUT2D eigenvalue weighted by molar-refractivity contribution is 0.112. The Labute approximate surface area is 111 Å². The topological polar surface area (TPSA) is 38.1 Å². The van der Waals surface area contributed by atoms with Gasteiger partial charge >= 0.3 is 0 Å². The second-order valence-corrected chi connectivity index (χ2v) is 4.57. The minimum Gasteiger partial charge on any atom is -0.366 e. The van der Waals surface area contributed by atoms with Crippen molar-refractivity contribution in [3.05, 3.63) is 47.0 Å². The lowest BCUT2D eigenvalue weighted by Gasteiger charge is -2.20. The number of aryl methyl sites for hydroxylation is 1. The van der Waals surface area contributed by atoms with Gasteiger partial charge in [-0.05, 0) is 18.2 Å². The van der Waals surface area contributed by atoms with E-state index in [-0.39, 0.29) is 0 Å². The average Bonchev–Trinajstić information content (AvgIpc) is 2.75. The maximum atomic E-state index is 11.0. The SMILES string of the molecule is CN(Cc1nccn1C)c1cc(Cl)ccc1C=O. The van der Waals surface area contributed by atoms with E-state index in [1.54, 1.807) is 24.4 Å². The highest BCUT2D eigenvalue weighted by Gasteiger charge is 2.10. The lowest BCUT2D eigenvalue weighted by atomic mass is 10.2. The van der Waals surface area contributed by atoms with Crippen LogP contribution < -0.4 is 4.90 Å². The largest absolute Gasteiger partial charge is 0.366 e. The van der Waals surface area contributed by atoms with Gasteiger partial charge in [-0.25, -0.2) is 4.98 Å². The number of nitrogens with zero attached hydrogens (tertiary/aromatic N) is 3. The number of carbonyl (C=O) groups is 1. The molecular formula is C13H14ClN3O. The number of hydrogen-bond donors (Lipinski definition) is 0. The molecule has 5 heteroatoms. The van der Waals surface area contributed by atoms with Crippen LogP contribution in [-0.4, -0.2) is 22.9 Å². The first-order valence-corrected chi connectivity index (χ1v) is 5.91. The fourth-order valence-corrected chi connectivity index (χ4v) is 1.96. The van der Waals surface area contributed by atoms with Crippen molar-refractivity contribution in [1.82, 2.24) is 9.55 Å². The second-order valence-electron chi connectivity index (χ2n) is 4.13. The summed E-state index contributed by atoms with van der Waals surface area (Å²) >= 11 is 5.97. The molecule has 0 radical (unpaired) electrons. The molecule has 0 N–H and O–H groups in total. The van der Waals surface area contributed by atoms with Crippen molar-refractivity contribution in [2.24, 2.45) is 7.05 Å². The van der Waals surface area contributed by atoms with Gasteiger partial charge in [0.2, 0.25) is 0 Å². The molecule has 0 aliphatic heterocycles. The molecule has 0 saturated heterocycles. The molecule has 1 aromatic heterocycles. The fraction of sp³-hybridized carbons (Fsp3) is 0.231. The lowest BCUT2D eigenvalue weighted by Crippen LogP contribution is -2.20. The predicted molar refractivity (Wildman–Crippen MR) is 72.2 cm³/mol. The van der Waals surface area contributed by atoms with Crippen molar-refractivity contribution < 1.29 is 4.79 Å². The quantitative estimate of drug-likeness (QED) is 0.796. The van der Waals surface area contributed by atoms with E-state index in [0.717, 1.165) is 17.8 Å². The molecule has 0 amide bonds. The van der Waals surface area contributed by atoms with Gasteiger partial charge in [0.25, 0.3) is 0 Å². The third-order valence-electron chi connectivity index (χ3n) is 2.83. The van der Waals surface area contributed by atoms with Crippen molar-refractivity contribution in [2.75, 3.05) is 11.9 Å². The molecule has 0 unspecified atom stereocenters. The first-order chi connectivity index (χ1) is 8.61. The van der Waals surface area contributed by atoms with Crippen molar-refractivity contribution in [3.8, 4) is 0 Å². The summed E-state index contributed by atoms with van der Waals surface area (Å²) in [7, 11) is 3.85. The molecule has 0 aliphatic carbocycles. The highest BCUT2D eigenvalue weighted by molar-refractivity contribution is 6.31. The van der Waals surface area contributed by atoms with Gasteiger partial charge in [0, 0.05) is 42.8 Å². The number of aromatic nitrogens is 2. The van der Waals surface area contributed by atoms with Gasteiger partial charge in [-0.1, -0.05) is 11.6 Å². The van der Waals surface area contributed by atoms with Gasteiger partial charge in [-0.15, -0.1) is 0 Å². The zero-order valence-corrected chi connectivity index (χ0v) is 11.1. The molecular weight excluding hydrogens is 250 g/mol. The summed E-state index contributed by atoms with van der Waals surface area (Å²) in [4.78, 5) is 17.2. The van der Waals surface area contributed by atoms with Crippen molar-refractivity contribution in [1.29, 1.82) is 0 Å². The summed E-state index contributed by atoms with van der Waals surface area (Å²) in [6.45, 7) is 0.616. The first-order valence-electron chi connectivity index (χ1n) is 5.54. The van der Waals surface area contributed by atoms with E-state index >= 15 is 0 Å². The summed E-state index contributed by atoms with van der Waals surface area (Å²) in [6, 6.07) is 5.22. The van der Waals surface area contributed by atoms with Gasteiger partial charge in [0.1, 0.15) is 5.82 Å². The molecule has 94 valence electrons. The number of aldehydes is 1. The number of rotatable bonds is 4. The number of hydrogen-bond acceptors (Lipinski definition) is 3. The monoisotopic (exact) mass is 263 g/mol. The smallest absolute Gasteiger partial charge is 0.152 e. The summed E-state index contributed by atoms with van der Waals surface area (Å²) in [5, 5.41) is 0.613. The molecule has 0 saturated carbocycles. The number of imidazole rings is 1. The van der Waals surface area contributed by atoms with Crippen LogP contribution in [0.25, 0.3) is 0 Å². The zero-order valence-electron chi connectivity index (χ0n) is 10.3. The number of halogens is 1. The van der Waals surface area contributed by atoms with Crippen LogP contribution in [-0.2, 0) is 13.6 Å². The molecule has 1 aromatic carbocycles. The van der Waals surface area contributed by atoms with E-state index in [2.05, 4.69) is 4.98 Å². The Kier molecular flexibility index (Phi) is 3.67. The van der Waals surface area contributed by atoms with Gasteiger partial charge in [-0.3, -0.25) is 4.79 Å². The number of benzene rings is 1. The molecule has 4 nitrogen and oxygen atoms in total. The third-order valence-corrected chi connectivity index (χ3v) is 3.07. The molecule has 1 heterocycles. The van der Waals surface area contributed by atoms with Gasteiger partial charge < -0.3 is 9.47 Å². The van der Waals surface area contributed by atoms with E-state index in [0.29, 0.717) is 17.1 Å². The standard InChI is InChI=1S/C13H14ClN3O/c1-16-6-5-15-13(16)8-17(2)12-7-11(14)4-3-10(12)9-18/h3-7,9H,8H2,1-2H3. The summed E-state index contributed by atoms with van der Waals surface area (Å²) in [6.07, 6.45) is 4.48. The van der Waals surface area contributed by atoms with Gasteiger partial charge in [0.05, 0.1) is 6.54 Å². The van der Waals surface area contributed by atoms with E-state index in [1.165, 1.54) is 0 Å². The molecule has 2 aromatic rings. The minimum atomic E-state index is 0.613. The highest BCUT2D eigenvalue weighted by atomic mass is 35.5. The van der Waals surface area contributed by atoms with Gasteiger partial charge in [-0.2, -0.15) is 0 Å². The molecule has 0 spiro atoms. The first kappa shape index (κ1) is 12.6.